The molecule has 1 unspecified atom stereocenters. The molecule has 6 heteroatoms. The third kappa shape index (κ3) is 4.23. The molecule has 0 bridgehead atoms. The first-order valence-electron chi connectivity index (χ1n) is 5.69. The van der Waals surface area contributed by atoms with E-state index in [1.165, 1.54) is 18.2 Å². The fraction of sp³-hybridized carbons (Fsp3) is 0.500. The van der Waals surface area contributed by atoms with Crippen molar-refractivity contribution in [3.8, 4) is 0 Å². The lowest BCUT2D eigenvalue weighted by molar-refractivity contribution is 0.162. The maximum Gasteiger partial charge on any atom is 0.150 e. The van der Waals surface area contributed by atoms with E-state index in [0.29, 0.717) is 0 Å². The van der Waals surface area contributed by atoms with E-state index in [2.05, 4.69) is 0 Å². The molecular weight excluding hydrogens is 279 g/mol. The maximum atomic E-state index is 13.5. The monoisotopic (exact) mass is 294 g/mol. The second-order valence-electron chi connectivity index (χ2n) is 4.03. The van der Waals surface area contributed by atoms with Gasteiger partial charge in [-0.15, -0.1) is 0 Å². The van der Waals surface area contributed by atoms with E-state index in [0.717, 1.165) is 0 Å². The molecule has 0 heterocycles. The molecule has 0 amide bonds. The van der Waals surface area contributed by atoms with Crippen LogP contribution in [0.15, 0.2) is 18.2 Å². The number of hydrogen-bond acceptors (Lipinski definition) is 3. The highest BCUT2D eigenvalue weighted by Gasteiger charge is 2.17. The molecule has 18 heavy (non-hydrogen) atoms. The zero-order valence-corrected chi connectivity index (χ0v) is 11.6. The van der Waals surface area contributed by atoms with Crippen LogP contribution in [0.3, 0.4) is 0 Å². The minimum absolute atomic E-state index is 0.00731. The lowest BCUT2D eigenvalue weighted by atomic mass is 10.0. The number of sulfone groups is 1. The van der Waals surface area contributed by atoms with Crippen LogP contribution >= 0.6 is 11.6 Å². The van der Waals surface area contributed by atoms with Gasteiger partial charge in [-0.2, -0.15) is 0 Å². The standard InChI is InChI=1S/C12H16ClFO3S/c1-2-18(16,17)8-4-7-11(15)12-9(13)5-3-6-10(12)14/h3,5-6,11,15H,2,4,7-8H2,1H3. The second kappa shape index (κ2) is 6.50. The Morgan fingerprint density at radius 3 is 2.67 bits per heavy atom. The second-order valence-corrected chi connectivity index (χ2v) is 6.91. The van der Waals surface area contributed by atoms with Crippen LogP contribution in [0.4, 0.5) is 4.39 Å². The Hall–Kier alpha value is -0.650. The Balaban J connectivity index is 2.64. The Labute approximate surface area is 112 Å². The predicted molar refractivity (Wildman–Crippen MR) is 69.9 cm³/mol. The first-order chi connectivity index (χ1) is 8.37. The Kier molecular flexibility index (Phi) is 5.56. The summed E-state index contributed by atoms with van der Waals surface area (Å²) in [5, 5.41) is 9.99. The molecule has 0 aromatic heterocycles. The van der Waals surface area contributed by atoms with Crippen LogP contribution in [0, 0.1) is 5.82 Å². The van der Waals surface area contributed by atoms with Crippen LogP contribution in [0.25, 0.3) is 0 Å². The van der Waals surface area contributed by atoms with E-state index in [1.54, 1.807) is 6.92 Å². The average molecular weight is 295 g/mol. The van der Waals surface area contributed by atoms with Gasteiger partial charge < -0.3 is 5.11 Å². The summed E-state index contributed by atoms with van der Waals surface area (Å²) in [6.07, 6.45) is -0.632. The summed E-state index contributed by atoms with van der Waals surface area (Å²) in [7, 11) is -3.06. The number of aliphatic hydroxyl groups excluding tert-OH is 1. The minimum atomic E-state index is -3.06. The van der Waals surface area contributed by atoms with Gasteiger partial charge >= 0.3 is 0 Å². The van der Waals surface area contributed by atoms with Gasteiger partial charge in [0.2, 0.25) is 0 Å². The highest BCUT2D eigenvalue weighted by molar-refractivity contribution is 7.91. The first-order valence-corrected chi connectivity index (χ1v) is 7.89. The molecular formula is C12H16ClFO3S. The Morgan fingerprint density at radius 1 is 1.44 bits per heavy atom. The van der Waals surface area contributed by atoms with Gasteiger partial charge in [0.15, 0.2) is 0 Å². The van der Waals surface area contributed by atoms with Gasteiger partial charge in [0, 0.05) is 16.3 Å². The minimum Gasteiger partial charge on any atom is -0.388 e. The molecule has 0 saturated carbocycles. The molecule has 1 atom stereocenters. The van der Waals surface area contributed by atoms with Crippen molar-refractivity contribution in [3.05, 3.63) is 34.6 Å². The zero-order valence-electron chi connectivity index (χ0n) is 10.1. The van der Waals surface area contributed by atoms with E-state index in [-0.39, 0.29) is 34.9 Å². The summed E-state index contributed by atoms with van der Waals surface area (Å²) in [5.74, 6) is -0.510. The molecule has 1 rings (SSSR count). The van der Waals surface area contributed by atoms with E-state index < -0.39 is 21.8 Å². The molecule has 1 aromatic rings. The quantitative estimate of drug-likeness (QED) is 0.878. The summed E-state index contributed by atoms with van der Waals surface area (Å²) in [6, 6.07) is 4.16. The van der Waals surface area contributed by atoms with Crippen molar-refractivity contribution in [3.63, 3.8) is 0 Å². The smallest absolute Gasteiger partial charge is 0.150 e. The fourth-order valence-corrected chi connectivity index (χ4v) is 2.80. The molecule has 1 N–H and O–H groups in total. The van der Waals surface area contributed by atoms with Gasteiger partial charge in [-0.1, -0.05) is 24.6 Å². The molecule has 0 radical (unpaired) electrons. The number of halogens is 2. The van der Waals surface area contributed by atoms with Crippen LogP contribution in [0.5, 0.6) is 0 Å². The third-order valence-corrected chi connectivity index (χ3v) is 4.83. The van der Waals surface area contributed by atoms with E-state index in [1.807, 2.05) is 0 Å². The van der Waals surface area contributed by atoms with Crippen LogP contribution < -0.4 is 0 Å². The fourth-order valence-electron chi connectivity index (χ4n) is 1.61. The van der Waals surface area contributed by atoms with Gasteiger partial charge in [-0.05, 0) is 25.0 Å². The number of aliphatic hydroxyl groups is 1. The molecule has 0 spiro atoms. The molecule has 0 aliphatic carbocycles. The highest BCUT2D eigenvalue weighted by Crippen LogP contribution is 2.28. The van der Waals surface area contributed by atoms with Crippen molar-refractivity contribution in [2.75, 3.05) is 11.5 Å². The maximum absolute atomic E-state index is 13.5. The third-order valence-electron chi connectivity index (χ3n) is 2.71. The highest BCUT2D eigenvalue weighted by atomic mass is 35.5. The van der Waals surface area contributed by atoms with Crippen LogP contribution in [0.2, 0.25) is 5.02 Å². The summed E-state index contributed by atoms with van der Waals surface area (Å²) < 4.78 is 36.0. The van der Waals surface area contributed by atoms with Crippen LogP contribution in [0.1, 0.15) is 31.4 Å². The van der Waals surface area contributed by atoms with Crippen molar-refractivity contribution in [2.24, 2.45) is 0 Å². The van der Waals surface area contributed by atoms with Crippen molar-refractivity contribution < 1.29 is 17.9 Å². The molecule has 102 valence electrons. The summed E-state index contributed by atoms with van der Waals surface area (Å²) in [4.78, 5) is 0. The molecule has 0 aliphatic heterocycles. The van der Waals surface area contributed by atoms with Crippen molar-refractivity contribution in [1.29, 1.82) is 0 Å². The Bertz CT molecular complexity index is 482. The number of benzene rings is 1. The van der Waals surface area contributed by atoms with Crippen molar-refractivity contribution >= 4 is 21.4 Å². The molecule has 0 saturated heterocycles. The number of rotatable bonds is 6. The van der Waals surface area contributed by atoms with Gasteiger partial charge in [0.1, 0.15) is 15.7 Å². The topological polar surface area (TPSA) is 54.4 Å². The van der Waals surface area contributed by atoms with E-state index in [9.17, 15) is 17.9 Å². The van der Waals surface area contributed by atoms with Gasteiger partial charge in [-0.3, -0.25) is 0 Å². The summed E-state index contributed by atoms with van der Waals surface area (Å²) in [5.41, 5.74) is 0.0352. The molecule has 0 aliphatic rings. The average Bonchev–Trinajstić information content (AvgIpc) is 2.28. The Morgan fingerprint density at radius 2 is 2.11 bits per heavy atom. The summed E-state index contributed by atoms with van der Waals surface area (Å²) >= 11 is 5.80. The lowest BCUT2D eigenvalue weighted by Gasteiger charge is -2.13. The first kappa shape index (κ1) is 15.4. The molecule has 0 fully saturated rings. The molecule has 1 aromatic carbocycles. The predicted octanol–water partition coefficient (Wildman–Crippen LogP) is 2.73. The van der Waals surface area contributed by atoms with Crippen LogP contribution in [-0.2, 0) is 9.84 Å². The molecule has 3 nitrogen and oxygen atoms in total. The van der Waals surface area contributed by atoms with Crippen LogP contribution in [-0.4, -0.2) is 25.0 Å². The van der Waals surface area contributed by atoms with E-state index in [4.69, 9.17) is 11.6 Å². The normalized spacial score (nSPS) is 13.6. The van der Waals surface area contributed by atoms with Gasteiger partial charge in [-0.25, -0.2) is 12.8 Å². The van der Waals surface area contributed by atoms with Gasteiger partial charge in [0.25, 0.3) is 0 Å². The summed E-state index contributed by atoms with van der Waals surface area (Å²) in [6.45, 7) is 1.57. The van der Waals surface area contributed by atoms with Crippen molar-refractivity contribution in [1.82, 2.24) is 0 Å². The zero-order chi connectivity index (χ0) is 13.8. The number of hydrogen-bond donors (Lipinski definition) is 1. The van der Waals surface area contributed by atoms with Crippen molar-refractivity contribution in [2.45, 2.75) is 25.9 Å². The lowest BCUT2D eigenvalue weighted by Crippen LogP contribution is -2.10. The van der Waals surface area contributed by atoms with E-state index >= 15 is 0 Å². The largest absolute Gasteiger partial charge is 0.388 e. The SMILES string of the molecule is CCS(=O)(=O)CCCC(O)c1c(F)cccc1Cl. The van der Waals surface area contributed by atoms with Gasteiger partial charge in [0.05, 0.1) is 11.9 Å².